The van der Waals surface area contributed by atoms with Crippen molar-refractivity contribution in [2.75, 3.05) is 12.4 Å². The molecule has 106 valence electrons. The second-order valence-electron chi connectivity index (χ2n) is 5.10. The highest BCUT2D eigenvalue weighted by atomic mass is 32.1. The first kappa shape index (κ1) is 13.8. The molecule has 3 rings (SSSR count). The summed E-state index contributed by atoms with van der Waals surface area (Å²) in [7, 11) is 1.94. The van der Waals surface area contributed by atoms with E-state index in [1.54, 1.807) is 0 Å². The van der Waals surface area contributed by atoms with Gasteiger partial charge in [0.15, 0.2) is 0 Å². The predicted molar refractivity (Wildman–Crippen MR) is 92.0 cm³/mol. The molecule has 0 aliphatic heterocycles. The van der Waals surface area contributed by atoms with Crippen LogP contribution in [0.1, 0.15) is 10.4 Å². The van der Waals surface area contributed by atoms with Gasteiger partial charge in [-0.2, -0.15) is 0 Å². The summed E-state index contributed by atoms with van der Waals surface area (Å²) in [5, 5.41) is 3.15. The number of benzene rings is 1. The molecule has 0 aliphatic carbocycles. The number of pyridine rings is 1. The molecule has 0 saturated heterocycles. The molecular weight excluding hydrogens is 276 g/mol. The minimum Gasteiger partial charge on any atom is -0.388 e. The average molecular weight is 294 g/mol. The smallest absolute Gasteiger partial charge is 0.0370 e. The van der Waals surface area contributed by atoms with Gasteiger partial charge in [0.25, 0.3) is 0 Å². The molecule has 3 heteroatoms. The van der Waals surface area contributed by atoms with Crippen LogP contribution >= 0.6 is 11.3 Å². The maximum absolute atomic E-state index is 4.25. The summed E-state index contributed by atoms with van der Waals surface area (Å²) in [5.74, 6) is 0. The molecule has 1 aromatic carbocycles. The normalized spacial score (nSPS) is 10.6. The van der Waals surface area contributed by atoms with Crippen molar-refractivity contribution in [3.8, 4) is 21.6 Å². The van der Waals surface area contributed by atoms with E-state index in [0.717, 1.165) is 5.69 Å². The summed E-state index contributed by atoms with van der Waals surface area (Å²) < 4.78 is 0. The first-order valence-electron chi connectivity index (χ1n) is 6.98. The number of aromatic nitrogens is 1. The monoisotopic (exact) mass is 294 g/mol. The largest absolute Gasteiger partial charge is 0.388 e. The number of anilines is 1. The Morgan fingerprint density at radius 3 is 2.43 bits per heavy atom. The Hall–Kier alpha value is -2.13. The number of rotatable bonds is 3. The molecule has 0 spiro atoms. The van der Waals surface area contributed by atoms with E-state index in [4.69, 9.17) is 0 Å². The predicted octanol–water partition coefficient (Wildman–Crippen LogP) is 5.14. The Labute approximate surface area is 129 Å². The van der Waals surface area contributed by atoms with Crippen LogP contribution in [0, 0.1) is 13.8 Å². The van der Waals surface area contributed by atoms with Crippen molar-refractivity contribution >= 4 is 17.0 Å². The van der Waals surface area contributed by atoms with Gasteiger partial charge in [-0.1, -0.05) is 12.1 Å². The van der Waals surface area contributed by atoms with Crippen molar-refractivity contribution in [2.24, 2.45) is 0 Å². The first-order valence-corrected chi connectivity index (χ1v) is 7.80. The highest BCUT2D eigenvalue weighted by Gasteiger charge is 2.11. The Morgan fingerprint density at radius 2 is 1.76 bits per heavy atom. The molecule has 0 aliphatic rings. The van der Waals surface area contributed by atoms with Crippen LogP contribution in [0.3, 0.4) is 0 Å². The van der Waals surface area contributed by atoms with Crippen LogP contribution in [-0.4, -0.2) is 12.0 Å². The molecule has 0 amide bonds. The van der Waals surface area contributed by atoms with Crippen LogP contribution < -0.4 is 5.32 Å². The first-order chi connectivity index (χ1) is 10.2. The van der Waals surface area contributed by atoms with E-state index in [-0.39, 0.29) is 0 Å². The Morgan fingerprint density at radius 1 is 1.00 bits per heavy atom. The van der Waals surface area contributed by atoms with Gasteiger partial charge in [-0.3, -0.25) is 4.98 Å². The Kier molecular flexibility index (Phi) is 3.76. The Bertz CT molecular complexity index is 757. The fourth-order valence-electron chi connectivity index (χ4n) is 2.44. The molecular formula is C18H18N2S. The van der Waals surface area contributed by atoms with Gasteiger partial charge in [0, 0.05) is 40.4 Å². The van der Waals surface area contributed by atoms with E-state index < -0.39 is 0 Å². The highest BCUT2D eigenvalue weighted by molar-refractivity contribution is 7.16. The lowest BCUT2D eigenvalue weighted by molar-refractivity contribution is 1.29. The van der Waals surface area contributed by atoms with E-state index >= 15 is 0 Å². The van der Waals surface area contributed by atoms with Gasteiger partial charge >= 0.3 is 0 Å². The van der Waals surface area contributed by atoms with E-state index in [9.17, 15) is 0 Å². The zero-order valence-corrected chi connectivity index (χ0v) is 13.3. The second kappa shape index (κ2) is 5.70. The van der Waals surface area contributed by atoms with E-state index in [2.05, 4.69) is 60.5 Å². The van der Waals surface area contributed by atoms with Gasteiger partial charge in [-0.15, -0.1) is 11.3 Å². The van der Waals surface area contributed by atoms with Crippen LogP contribution in [0.15, 0.2) is 48.8 Å². The average Bonchev–Trinajstić information content (AvgIpc) is 2.89. The SMILES string of the molecule is CNc1ccc(-c2cc(-c3cnccc3C)sc2C)cc1. The number of hydrogen-bond donors (Lipinski definition) is 1. The maximum atomic E-state index is 4.25. The molecule has 0 unspecified atom stereocenters. The lowest BCUT2D eigenvalue weighted by atomic mass is 10.0. The van der Waals surface area contributed by atoms with Gasteiger partial charge in [0.2, 0.25) is 0 Å². The second-order valence-corrected chi connectivity index (χ2v) is 6.35. The maximum Gasteiger partial charge on any atom is 0.0370 e. The summed E-state index contributed by atoms with van der Waals surface area (Å²) in [6, 6.07) is 12.9. The minimum atomic E-state index is 1.13. The number of thiophene rings is 1. The zero-order valence-electron chi connectivity index (χ0n) is 12.5. The van der Waals surface area contributed by atoms with Crippen molar-refractivity contribution in [1.29, 1.82) is 0 Å². The van der Waals surface area contributed by atoms with Crippen LogP contribution in [-0.2, 0) is 0 Å². The minimum absolute atomic E-state index is 1.13. The van der Waals surface area contributed by atoms with Crippen molar-refractivity contribution in [1.82, 2.24) is 4.98 Å². The van der Waals surface area contributed by atoms with Gasteiger partial charge in [0.05, 0.1) is 0 Å². The molecule has 2 heterocycles. The molecule has 2 nitrogen and oxygen atoms in total. The summed E-state index contributed by atoms with van der Waals surface area (Å²) in [5.41, 5.74) is 6.19. The number of nitrogens with zero attached hydrogens (tertiary/aromatic N) is 1. The van der Waals surface area contributed by atoms with E-state index in [0.29, 0.717) is 0 Å². The third-order valence-corrected chi connectivity index (χ3v) is 4.79. The molecule has 2 aromatic heterocycles. The third-order valence-electron chi connectivity index (χ3n) is 3.71. The zero-order chi connectivity index (χ0) is 14.8. The standard InChI is InChI=1S/C18H18N2S/c1-12-8-9-20-11-17(12)18-10-16(13(2)21-18)14-4-6-15(19-3)7-5-14/h4-11,19H,1-3H3. The van der Waals surface area contributed by atoms with Gasteiger partial charge in [0.1, 0.15) is 0 Å². The summed E-state index contributed by atoms with van der Waals surface area (Å²) in [6.07, 6.45) is 3.80. The van der Waals surface area contributed by atoms with Crippen LogP contribution in [0.2, 0.25) is 0 Å². The fraction of sp³-hybridized carbons (Fsp3) is 0.167. The van der Waals surface area contributed by atoms with Gasteiger partial charge < -0.3 is 5.32 Å². The van der Waals surface area contributed by atoms with Crippen molar-refractivity contribution in [2.45, 2.75) is 13.8 Å². The third kappa shape index (κ3) is 2.69. The molecule has 0 fully saturated rings. The molecule has 21 heavy (non-hydrogen) atoms. The van der Waals surface area contributed by atoms with Crippen LogP contribution in [0.4, 0.5) is 5.69 Å². The van der Waals surface area contributed by atoms with Gasteiger partial charge in [-0.05, 0) is 54.8 Å². The highest BCUT2D eigenvalue weighted by Crippen LogP contribution is 2.37. The fourth-order valence-corrected chi connectivity index (χ4v) is 3.56. The topological polar surface area (TPSA) is 24.9 Å². The quantitative estimate of drug-likeness (QED) is 0.724. The number of aryl methyl sites for hydroxylation is 2. The molecule has 0 saturated carbocycles. The lowest BCUT2D eigenvalue weighted by Gasteiger charge is -2.03. The lowest BCUT2D eigenvalue weighted by Crippen LogP contribution is -1.86. The molecule has 0 bridgehead atoms. The molecule has 0 atom stereocenters. The molecule has 0 radical (unpaired) electrons. The van der Waals surface area contributed by atoms with Crippen molar-refractivity contribution in [3.05, 3.63) is 59.2 Å². The van der Waals surface area contributed by atoms with Crippen LogP contribution in [0.25, 0.3) is 21.6 Å². The molecule has 3 aromatic rings. The molecule has 1 N–H and O–H groups in total. The van der Waals surface area contributed by atoms with Crippen molar-refractivity contribution < 1.29 is 0 Å². The number of nitrogens with one attached hydrogen (secondary N) is 1. The van der Waals surface area contributed by atoms with E-state index in [1.807, 2.05) is 30.8 Å². The van der Waals surface area contributed by atoms with Crippen molar-refractivity contribution in [3.63, 3.8) is 0 Å². The van der Waals surface area contributed by atoms with Gasteiger partial charge in [-0.25, -0.2) is 0 Å². The Balaban J connectivity index is 2.03. The summed E-state index contributed by atoms with van der Waals surface area (Å²) in [4.78, 5) is 6.88. The van der Waals surface area contributed by atoms with Crippen LogP contribution in [0.5, 0.6) is 0 Å². The summed E-state index contributed by atoms with van der Waals surface area (Å²) in [6.45, 7) is 4.31. The number of hydrogen-bond acceptors (Lipinski definition) is 3. The van der Waals surface area contributed by atoms with E-state index in [1.165, 1.54) is 32.0 Å². The summed E-state index contributed by atoms with van der Waals surface area (Å²) >= 11 is 1.83.